The van der Waals surface area contributed by atoms with Gasteiger partial charge < -0.3 is 10.1 Å². The van der Waals surface area contributed by atoms with Gasteiger partial charge >= 0.3 is 0 Å². The minimum atomic E-state index is -0.165. The Hall–Kier alpha value is -3.51. The highest BCUT2D eigenvalue weighted by Crippen LogP contribution is 2.29. The first-order valence-electron chi connectivity index (χ1n) is 10.1. The van der Waals surface area contributed by atoms with Gasteiger partial charge in [-0.1, -0.05) is 26.0 Å². The van der Waals surface area contributed by atoms with Crippen molar-refractivity contribution in [3.05, 3.63) is 84.0 Å². The third-order valence-electron chi connectivity index (χ3n) is 4.53. The molecule has 4 aromatic rings. The number of rotatable bonds is 7. The molecular weight excluding hydrogens is 406 g/mol. The number of anilines is 1. The summed E-state index contributed by atoms with van der Waals surface area (Å²) >= 11 is 1.57. The van der Waals surface area contributed by atoms with E-state index in [4.69, 9.17) is 9.72 Å². The minimum absolute atomic E-state index is 0.165. The number of thiazole rings is 1. The molecule has 0 saturated carbocycles. The lowest BCUT2D eigenvalue weighted by Gasteiger charge is -2.10. The van der Waals surface area contributed by atoms with Crippen LogP contribution in [0, 0.1) is 5.92 Å². The third kappa shape index (κ3) is 5.35. The number of nitrogens with one attached hydrogen (secondary N) is 1. The SMILES string of the molecule is CC(C)COc1ccc(C(=O)Nc2cccc(-c3csc(-c4cccnc4)n3)c2)cc1. The van der Waals surface area contributed by atoms with Crippen LogP contribution in [0.1, 0.15) is 24.2 Å². The molecule has 1 amide bonds. The van der Waals surface area contributed by atoms with Gasteiger partial charge in [0.15, 0.2) is 0 Å². The van der Waals surface area contributed by atoms with Gasteiger partial charge in [0, 0.05) is 40.2 Å². The number of hydrogen-bond acceptors (Lipinski definition) is 5. The van der Waals surface area contributed by atoms with E-state index < -0.39 is 0 Å². The Morgan fingerprint density at radius 3 is 2.61 bits per heavy atom. The van der Waals surface area contributed by atoms with Crippen molar-refractivity contribution in [3.8, 4) is 27.6 Å². The number of ether oxygens (including phenoxy) is 1. The number of benzene rings is 2. The molecule has 0 aliphatic carbocycles. The van der Waals surface area contributed by atoms with Gasteiger partial charge in [0.25, 0.3) is 5.91 Å². The van der Waals surface area contributed by atoms with Crippen molar-refractivity contribution < 1.29 is 9.53 Å². The summed E-state index contributed by atoms with van der Waals surface area (Å²) in [6.45, 7) is 4.85. The summed E-state index contributed by atoms with van der Waals surface area (Å²) in [6.07, 6.45) is 3.55. The Balaban J connectivity index is 1.45. The maximum atomic E-state index is 12.7. The van der Waals surface area contributed by atoms with Crippen molar-refractivity contribution in [2.75, 3.05) is 11.9 Å². The molecular formula is C25H23N3O2S. The highest BCUT2D eigenvalue weighted by atomic mass is 32.1. The second-order valence-electron chi connectivity index (χ2n) is 7.54. The first-order chi connectivity index (χ1) is 15.1. The maximum absolute atomic E-state index is 12.7. The Morgan fingerprint density at radius 2 is 1.87 bits per heavy atom. The van der Waals surface area contributed by atoms with Crippen LogP contribution in [0.5, 0.6) is 5.75 Å². The lowest BCUT2D eigenvalue weighted by Crippen LogP contribution is -2.12. The van der Waals surface area contributed by atoms with Crippen LogP contribution in [-0.4, -0.2) is 22.5 Å². The fourth-order valence-electron chi connectivity index (χ4n) is 2.95. The number of hydrogen-bond donors (Lipinski definition) is 1. The van der Waals surface area contributed by atoms with E-state index in [2.05, 4.69) is 24.1 Å². The molecule has 2 heterocycles. The van der Waals surface area contributed by atoms with Crippen molar-refractivity contribution in [3.63, 3.8) is 0 Å². The summed E-state index contributed by atoms with van der Waals surface area (Å²) in [6, 6.07) is 18.8. The first kappa shape index (κ1) is 20.8. The monoisotopic (exact) mass is 429 g/mol. The fraction of sp³-hybridized carbons (Fsp3) is 0.160. The number of carbonyl (C=O) groups excluding carboxylic acids is 1. The molecule has 0 atom stereocenters. The van der Waals surface area contributed by atoms with E-state index in [9.17, 15) is 4.79 Å². The van der Waals surface area contributed by atoms with Crippen LogP contribution in [0.2, 0.25) is 0 Å². The predicted molar refractivity (Wildman–Crippen MR) is 126 cm³/mol. The molecule has 0 aliphatic heterocycles. The van der Waals surface area contributed by atoms with E-state index in [1.807, 2.05) is 53.9 Å². The van der Waals surface area contributed by atoms with Gasteiger partial charge in [-0.3, -0.25) is 9.78 Å². The summed E-state index contributed by atoms with van der Waals surface area (Å²) in [7, 11) is 0. The van der Waals surface area contributed by atoms with Crippen molar-refractivity contribution in [1.82, 2.24) is 9.97 Å². The highest BCUT2D eigenvalue weighted by Gasteiger charge is 2.10. The van der Waals surface area contributed by atoms with E-state index in [0.717, 1.165) is 33.3 Å². The van der Waals surface area contributed by atoms with Crippen LogP contribution in [-0.2, 0) is 0 Å². The second kappa shape index (κ2) is 9.53. The van der Waals surface area contributed by atoms with Gasteiger partial charge in [-0.25, -0.2) is 4.98 Å². The average molecular weight is 430 g/mol. The Labute approximate surface area is 185 Å². The molecule has 2 aromatic heterocycles. The molecule has 31 heavy (non-hydrogen) atoms. The molecule has 0 saturated heterocycles. The topological polar surface area (TPSA) is 64.1 Å². The first-order valence-corrected chi connectivity index (χ1v) is 11.0. The van der Waals surface area contributed by atoms with Gasteiger partial charge in [-0.2, -0.15) is 0 Å². The normalized spacial score (nSPS) is 10.8. The molecule has 0 unspecified atom stereocenters. The molecule has 156 valence electrons. The third-order valence-corrected chi connectivity index (χ3v) is 5.42. The molecule has 0 spiro atoms. The highest BCUT2D eigenvalue weighted by molar-refractivity contribution is 7.13. The summed E-state index contributed by atoms with van der Waals surface area (Å²) in [5.41, 5.74) is 4.10. The zero-order valence-electron chi connectivity index (χ0n) is 17.4. The summed E-state index contributed by atoms with van der Waals surface area (Å²) in [5, 5.41) is 5.89. The fourth-order valence-corrected chi connectivity index (χ4v) is 3.77. The predicted octanol–water partition coefficient (Wildman–Crippen LogP) is 6.16. The van der Waals surface area contributed by atoms with Crippen molar-refractivity contribution >= 4 is 22.9 Å². The lowest BCUT2D eigenvalue weighted by molar-refractivity contribution is 0.102. The van der Waals surface area contributed by atoms with Gasteiger partial charge in [0.05, 0.1) is 12.3 Å². The average Bonchev–Trinajstić information content (AvgIpc) is 3.29. The molecule has 6 heteroatoms. The van der Waals surface area contributed by atoms with E-state index in [0.29, 0.717) is 18.1 Å². The van der Waals surface area contributed by atoms with Crippen LogP contribution >= 0.6 is 11.3 Å². The number of aromatic nitrogens is 2. The molecule has 5 nitrogen and oxygen atoms in total. The van der Waals surface area contributed by atoms with Crippen molar-refractivity contribution in [2.45, 2.75) is 13.8 Å². The summed E-state index contributed by atoms with van der Waals surface area (Å²) in [5.74, 6) is 1.05. The molecule has 0 radical (unpaired) electrons. The summed E-state index contributed by atoms with van der Waals surface area (Å²) < 4.78 is 5.68. The molecule has 0 fully saturated rings. The van der Waals surface area contributed by atoms with E-state index in [-0.39, 0.29) is 5.91 Å². The lowest BCUT2D eigenvalue weighted by atomic mass is 10.1. The zero-order chi connectivity index (χ0) is 21.6. The van der Waals surface area contributed by atoms with Crippen LogP contribution in [0.3, 0.4) is 0 Å². The number of pyridine rings is 1. The van der Waals surface area contributed by atoms with Gasteiger partial charge in [-0.05, 0) is 54.4 Å². The van der Waals surface area contributed by atoms with Crippen LogP contribution in [0.25, 0.3) is 21.8 Å². The smallest absolute Gasteiger partial charge is 0.255 e. The van der Waals surface area contributed by atoms with E-state index in [1.165, 1.54) is 0 Å². The Kier molecular flexibility index (Phi) is 6.38. The van der Waals surface area contributed by atoms with Gasteiger partial charge in [0.1, 0.15) is 10.8 Å². The largest absolute Gasteiger partial charge is 0.493 e. The number of nitrogens with zero attached hydrogens (tertiary/aromatic N) is 2. The quantitative estimate of drug-likeness (QED) is 0.382. The standard InChI is InChI=1S/C25H23N3O2S/c1-17(2)15-30-22-10-8-18(9-11-22)24(29)27-21-7-3-5-19(13-21)23-16-31-25(28-23)20-6-4-12-26-14-20/h3-14,16-17H,15H2,1-2H3,(H,27,29). The summed E-state index contributed by atoms with van der Waals surface area (Å²) in [4.78, 5) is 21.5. The van der Waals surface area contributed by atoms with Gasteiger partial charge in [0.2, 0.25) is 0 Å². The van der Waals surface area contributed by atoms with Crippen LogP contribution in [0.15, 0.2) is 78.4 Å². The van der Waals surface area contributed by atoms with E-state index in [1.54, 1.807) is 35.9 Å². The van der Waals surface area contributed by atoms with Crippen LogP contribution < -0.4 is 10.1 Å². The second-order valence-corrected chi connectivity index (χ2v) is 8.40. The molecule has 0 bridgehead atoms. The van der Waals surface area contributed by atoms with Crippen molar-refractivity contribution in [1.29, 1.82) is 0 Å². The van der Waals surface area contributed by atoms with Crippen molar-refractivity contribution in [2.24, 2.45) is 5.92 Å². The van der Waals surface area contributed by atoms with Crippen LogP contribution in [0.4, 0.5) is 5.69 Å². The number of carbonyl (C=O) groups is 1. The maximum Gasteiger partial charge on any atom is 0.255 e. The molecule has 4 rings (SSSR count). The zero-order valence-corrected chi connectivity index (χ0v) is 18.2. The molecule has 0 aliphatic rings. The van der Waals surface area contributed by atoms with E-state index >= 15 is 0 Å². The Bertz CT molecular complexity index is 1150. The molecule has 2 aromatic carbocycles. The number of amides is 1. The van der Waals surface area contributed by atoms with Gasteiger partial charge in [-0.15, -0.1) is 11.3 Å². The molecule has 1 N–H and O–H groups in total. The Morgan fingerprint density at radius 1 is 1.06 bits per heavy atom. The minimum Gasteiger partial charge on any atom is -0.493 e.